The molecule has 1 atom stereocenters. The van der Waals surface area contributed by atoms with E-state index < -0.39 is 12.0 Å². The van der Waals surface area contributed by atoms with E-state index >= 15 is 0 Å². The van der Waals surface area contributed by atoms with Crippen molar-refractivity contribution in [1.29, 1.82) is 0 Å². The zero-order chi connectivity index (χ0) is 17.7. The van der Waals surface area contributed by atoms with Gasteiger partial charge >= 0.3 is 5.97 Å². The van der Waals surface area contributed by atoms with Crippen molar-refractivity contribution >= 4 is 35.0 Å². The predicted molar refractivity (Wildman–Crippen MR) is 91.4 cm³/mol. The molecule has 9 heteroatoms. The van der Waals surface area contributed by atoms with E-state index in [1.165, 1.54) is 24.2 Å². The Labute approximate surface area is 148 Å². The van der Waals surface area contributed by atoms with Crippen LogP contribution < -0.4 is 10.5 Å². The zero-order valence-electron chi connectivity index (χ0n) is 13.1. The number of rotatable bonds is 6. The summed E-state index contributed by atoms with van der Waals surface area (Å²) in [5, 5.41) is 8.55. The molecule has 0 saturated carbocycles. The van der Waals surface area contributed by atoms with E-state index in [4.69, 9.17) is 38.5 Å². The fraction of sp³-hybridized carbons (Fsp3) is 0.267. The number of amidine groups is 1. The number of nitrogens with two attached hydrogens (primary N) is 1. The number of carbonyl (C=O) groups excluding carboxylic acids is 1. The summed E-state index contributed by atoms with van der Waals surface area (Å²) < 4.78 is 6.59. The number of hydrogen-bond acceptors (Lipinski definition) is 5. The van der Waals surface area contributed by atoms with Crippen LogP contribution in [0.25, 0.3) is 0 Å². The molecular formula is C15H16Cl2N4O3. The Morgan fingerprint density at radius 2 is 2.17 bits per heavy atom. The Bertz CT molecular complexity index is 761. The molecular weight excluding hydrogens is 355 g/mol. The van der Waals surface area contributed by atoms with E-state index in [0.29, 0.717) is 27.8 Å². The molecule has 7 nitrogen and oxygen atoms in total. The summed E-state index contributed by atoms with van der Waals surface area (Å²) in [5.74, 6) is -0.181. The number of aromatic nitrogens is 2. The number of carbonyl (C=O) groups is 1. The van der Waals surface area contributed by atoms with Gasteiger partial charge in [-0.1, -0.05) is 35.3 Å². The minimum atomic E-state index is -0.657. The van der Waals surface area contributed by atoms with E-state index in [9.17, 15) is 4.79 Å². The van der Waals surface area contributed by atoms with Crippen LogP contribution in [-0.4, -0.2) is 28.7 Å². The van der Waals surface area contributed by atoms with Crippen LogP contribution in [0.2, 0.25) is 10.0 Å². The Hall–Kier alpha value is -2.25. The topological polar surface area (TPSA) is 91.7 Å². The summed E-state index contributed by atoms with van der Waals surface area (Å²) in [6, 6.07) is 4.20. The summed E-state index contributed by atoms with van der Waals surface area (Å²) in [6.45, 7) is 1.81. The molecule has 0 radical (unpaired) electrons. The molecule has 0 aliphatic heterocycles. The quantitative estimate of drug-likeness (QED) is 0.365. The molecule has 1 aromatic heterocycles. The molecule has 0 aliphatic rings. The Balaban J connectivity index is 2.17. The third kappa shape index (κ3) is 4.18. The van der Waals surface area contributed by atoms with Gasteiger partial charge in [0.05, 0.1) is 23.9 Å². The van der Waals surface area contributed by atoms with Crippen LogP contribution in [0.4, 0.5) is 0 Å². The Morgan fingerprint density at radius 3 is 2.75 bits per heavy atom. The van der Waals surface area contributed by atoms with Gasteiger partial charge in [-0.15, -0.1) is 0 Å². The number of benzene rings is 1. The van der Waals surface area contributed by atoms with E-state index in [1.807, 2.05) is 6.92 Å². The molecule has 128 valence electrons. The molecule has 2 aromatic rings. The van der Waals surface area contributed by atoms with Crippen molar-refractivity contribution in [3.8, 4) is 5.75 Å². The monoisotopic (exact) mass is 370 g/mol. The van der Waals surface area contributed by atoms with Crippen LogP contribution in [-0.2, 0) is 9.63 Å². The first-order valence-corrected chi connectivity index (χ1v) is 7.79. The van der Waals surface area contributed by atoms with Crippen LogP contribution in [0.1, 0.15) is 24.9 Å². The van der Waals surface area contributed by atoms with Gasteiger partial charge in [-0.25, -0.2) is 4.79 Å². The van der Waals surface area contributed by atoms with Crippen molar-refractivity contribution in [3.63, 3.8) is 0 Å². The number of oxime groups is 1. The van der Waals surface area contributed by atoms with Gasteiger partial charge in [0, 0.05) is 11.2 Å². The second-order valence-corrected chi connectivity index (χ2v) is 5.67. The highest BCUT2D eigenvalue weighted by Gasteiger charge is 2.22. The van der Waals surface area contributed by atoms with E-state index in [0.717, 1.165) is 0 Å². The van der Waals surface area contributed by atoms with Crippen molar-refractivity contribution in [2.24, 2.45) is 10.9 Å². The van der Waals surface area contributed by atoms with Crippen LogP contribution in [0.15, 0.2) is 35.7 Å². The molecule has 2 N–H and O–H groups in total. The fourth-order valence-corrected chi connectivity index (χ4v) is 2.35. The first kappa shape index (κ1) is 18.1. The molecule has 0 bridgehead atoms. The maximum absolute atomic E-state index is 12.2. The highest BCUT2D eigenvalue weighted by atomic mass is 35.5. The van der Waals surface area contributed by atoms with E-state index in [2.05, 4.69) is 10.3 Å². The molecule has 0 fully saturated rings. The van der Waals surface area contributed by atoms with Gasteiger partial charge in [-0.2, -0.15) is 5.10 Å². The zero-order valence-corrected chi connectivity index (χ0v) is 14.6. The third-order valence-corrected chi connectivity index (χ3v) is 3.65. The SMILES string of the molecule is CCC(C(=O)O/N=C(\N)c1cc(Cl)ccc1OC)n1cc(Cl)cn1. The van der Waals surface area contributed by atoms with Gasteiger partial charge in [0.25, 0.3) is 0 Å². The van der Waals surface area contributed by atoms with Gasteiger partial charge in [0.2, 0.25) is 0 Å². The van der Waals surface area contributed by atoms with Gasteiger partial charge in [-0.3, -0.25) is 4.68 Å². The van der Waals surface area contributed by atoms with Crippen LogP contribution >= 0.6 is 23.2 Å². The lowest BCUT2D eigenvalue weighted by molar-refractivity contribution is -0.148. The summed E-state index contributed by atoms with van der Waals surface area (Å²) in [4.78, 5) is 17.1. The summed E-state index contributed by atoms with van der Waals surface area (Å²) in [5.41, 5.74) is 6.29. The van der Waals surface area contributed by atoms with Crippen molar-refractivity contribution in [2.75, 3.05) is 7.11 Å². The van der Waals surface area contributed by atoms with Crippen molar-refractivity contribution in [1.82, 2.24) is 9.78 Å². The van der Waals surface area contributed by atoms with Crippen molar-refractivity contribution in [2.45, 2.75) is 19.4 Å². The van der Waals surface area contributed by atoms with Crippen LogP contribution in [0.3, 0.4) is 0 Å². The second kappa shape index (κ2) is 8.03. The molecule has 1 heterocycles. The highest BCUT2D eigenvalue weighted by molar-refractivity contribution is 6.31. The third-order valence-electron chi connectivity index (χ3n) is 3.22. The lowest BCUT2D eigenvalue weighted by Gasteiger charge is -2.12. The van der Waals surface area contributed by atoms with Crippen LogP contribution in [0.5, 0.6) is 5.75 Å². The summed E-state index contributed by atoms with van der Waals surface area (Å²) in [6.07, 6.45) is 3.42. The fourth-order valence-electron chi connectivity index (χ4n) is 2.03. The largest absolute Gasteiger partial charge is 0.496 e. The molecule has 1 unspecified atom stereocenters. The molecule has 0 amide bonds. The second-order valence-electron chi connectivity index (χ2n) is 4.79. The van der Waals surface area contributed by atoms with Gasteiger partial charge in [0.15, 0.2) is 11.9 Å². The molecule has 1 aromatic carbocycles. The standard InChI is InChI=1S/C15H16Cl2N4O3/c1-3-12(21-8-10(17)7-19-21)15(22)24-20-14(18)11-6-9(16)4-5-13(11)23-2/h4-8,12H,3H2,1-2H3,(H2,18,20). The Kier molecular flexibility index (Phi) is 6.05. The molecule has 2 rings (SSSR count). The maximum atomic E-state index is 12.2. The van der Waals surface area contributed by atoms with Crippen LogP contribution in [0, 0.1) is 0 Å². The van der Waals surface area contributed by atoms with E-state index in [1.54, 1.807) is 18.2 Å². The highest BCUT2D eigenvalue weighted by Crippen LogP contribution is 2.22. The number of nitrogens with zero attached hydrogens (tertiary/aromatic N) is 3. The number of hydrogen-bond donors (Lipinski definition) is 1. The smallest absolute Gasteiger partial charge is 0.359 e. The first-order valence-electron chi connectivity index (χ1n) is 7.04. The molecule has 0 spiro atoms. The summed E-state index contributed by atoms with van der Waals surface area (Å²) in [7, 11) is 1.49. The minimum Gasteiger partial charge on any atom is -0.496 e. The average Bonchev–Trinajstić information content (AvgIpc) is 2.99. The normalized spacial score (nSPS) is 12.8. The predicted octanol–water partition coefficient (Wildman–Crippen LogP) is 3.01. The molecule has 24 heavy (non-hydrogen) atoms. The van der Waals surface area contributed by atoms with Crippen molar-refractivity contribution in [3.05, 3.63) is 46.2 Å². The average molecular weight is 371 g/mol. The maximum Gasteiger partial charge on any atom is 0.359 e. The Morgan fingerprint density at radius 1 is 1.42 bits per heavy atom. The van der Waals surface area contributed by atoms with Gasteiger partial charge < -0.3 is 15.3 Å². The lowest BCUT2D eigenvalue weighted by Crippen LogP contribution is -2.22. The number of ether oxygens (including phenoxy) is 1. The summed E-state index contributed by atoms with van der Waals surface area (Å²) >= 11 is 11.8. The first-order chi connectivity index (χ1) is 11.5. The minimum absolute atomic E-state index is 0.0314. The number of methoxy groups -OCH3 is 1. The number of halogens is 2. The molecule has 0 saturated heterocycles. The van der Waals surface area contributed by atoms with Gasteiger partial charge in [0.1, 0.15) is 5.75 Å². The van der Waals surface area contributed by atoms with E-state index in [-0.39, 0.29) is 5.84 Å². The van der Waals surface area contributed by atoms with Crippen molar-refractivity contribution < 1.29 is 14.4 Å². The molecule has 0 aliphatic carbocycles. The lowest BCUT2D eigenvalue weighted by atomic mass is 10.2. The van der Waals surface area contributed by atoms with Gasteiger partial charge in [-0.05, 0) is 24.6 Å².